The standard InChI is InChI=1S/C13H24N2O2/c1-14-9-10-15-13(16)11-17-12-7-5-3-2-4-6-8-12/h2-3,12,14H,4-11H2,1H3,(H,15,16)/b3-2+/t12-/m0/s1. The van der Waals surface area contributed by atoms with Crippen LogP contribution in [-0.2, 0) is 9.53 Å². The lowest BCUT2D eigenvalue weighted by molar-refractivity contribution is -0.127. The zero-order chi connectivity index (χ0) is 12.3. The number of rotatable bonds is 6. The Bertz CT molecular complexity index is 242. The van der Waals surface area contributed by atoms with Gasteiger partial charge in [-0.3, -0.25) is 4.79 Å². The molecule has 0 aliphatic heterocycles. The Morgan fingerprint density at radius 3 is 2.94 bits per heavy atom. The second-order valence-electron chi connectivity index (χ2n) is 4.37. The lowest BCUT2D eigenvalue weighted by Gasteiger charge is -2.18. The van der Waals surface area contributed by atoms with Crippen LogP contribution in [-0.4, -0.2) is 38.8 Å². The maximum absolute atomic E-state index is 11.4. The minimum atomic E-state index is -0.0159. The number of carbonyl (C=O) groups is 1. The van der Waals surface area contributed by atoms with Crippen LogP contribution in [0.5, 0.6) is 0 Å². The van der Waals surface area contributed by atoms with Gasteiger partial charge < -0.3 is 15.4 Å². The molecule has 0 aromatic heterocycles. The molecule has 2 N–H and O–H groups in total. The number of likely N-dealkylation sites (N-methyl/N-ethyl adjacent to an activating group) is 1. The fraction of sp³-hybridized carbons (Fsp3) is 0.769. The van der Waals surface area contributed by atoms with Crippen molar-refractivity contribution in [3.8, 4) is 0 Å². The van der Waals surface area contributed by atoms with Gasteiger partial charge in [-0.25, -0.2) is 0 Å². The second kappa shape index (κ2) is 9.19. The molecule has 4 nitrogen and oxygen atoms in total. The molecule has 98 valence electrons. The first-order valence-corrected chi connectivity index (χ1v) is 6.51. The van der Waals surface area contributed by atoms with Crippen molar-refractivity contribution in [3.63, 3.8) is 0 Å². The summed E-state index contributed by atoms with van der Waals surface area (Å²) in [5.74, 6) is -0.0159. The van der Waals surface area contributed by atoms with Crippen molar-refractivity contribution in [3.05, 3.63) is 12.2 Å². The number of allylic oxidation sites excluding steroid dienone is 2. The average Bonchev–Trinajstić information content (AvgIpc) is 2.28. The molecule has 1 aliphatic rings. The predicted octanol–water partition coefficient (Wildman–Crippen LogP) is 1.23. The maximum Gasteiger partial charge on any atom is 0.246 e. The summed E-state index contributed by atoms with van der Waals surface area (Å²) in [5.41, 5.74) is 0. The van der Waals surface area contributed by atoms with Crippen molar-refractivity contribution in [2.75, 3.05) is 26.7 Å². The maximum atomic E-state index is 11.4. The SMILES string of the molecule is CNCCNC(=O)CO[C@H]1CC/C=C/CCC1. The minimum absolute atomic E-state index is 0.0159. The molecular formula is C13H24N2O2. The summed E-state index contributed by atoms with van der Waals surface area (Å²) in [6.07, 6.45) is 10.1. The first-order chi connectivity index (χ1) is 8.33. The molecule has 1 rings (SSSR count). The van der Waals surface area contributed by atoms with Crippen LogP contribution in [0.4, 0.5) is 0 Å². The topological polar surface area (TPSA) is 50.4 Å². The van der Waals surface area contributed by atoms with E-state index in [0.29, 0.717) is 6.54 Å². The number of hydrogen-bond donors (Lipinski definition) is 2. The molecule has 1 aliphatic carbocycles. The van der Waals surface area contributed by atoms with Gasteiger partial charge in [-0.15, -0.1) is 0 Å². The van der Waals surface area contributed by atoms with Crippen LogP contribution >= 0.6 is 0 Å². The molecule has 0 saturated carbocycles. The lowest BCUT2D eigenvalue weighted by Crippen LogP contribution is -2.34. The third-order valence-electron chi connectivity index (χ3n) is 2.87. The largest absolute Gasteiger partial charge is 0.368 e. The highest BCUT2D eigenvalue weighted by molar-refractivity contribution is 5.77. The number of hydrogen-bond acceptors (Lipinski definition) is 3. The van der Waals surface area contributed by atoms with E-state index in [4.69, 9.17) is 4.74 Å². The Kier molecular flexibility index (Phi) is 7.67. The molecule has 0 radical (unpaired) electrons. The van der Waals surface area contributed by atoms with Gasteiger partial charge in [-0.05, 0) is 39.2 Å². The fourth-order valence-electron chi connectivity index (χ4n) is 1.86. The Hall–Kier alpha value is -0.870. The van der Waals surface area contributed by atoms with E-state index in [2.05, 4.69) is 22.8 Å². The molecule has 17 heavy (non-hydrogen) atoms. The zero-order valence-corrected chi connectivity index (χ0v) is 10.7. The first kappa shape index (κ1) is 14.2. The molecule has 1 amide bonds. The second-order valence-corrected chi connectivity index (χ2v) is 4.37. The summed E-state index contributed by atoms with van der Waals surface area (Å²) < 4.78 is 5.64. The fourth-order valence-corrected chi connectivity index (χ4v) is 1.86. The smallest absolute Gasteiger partial charge is 0.246 e. The van der Waals surface area contributed by atoms with E-state index in [1.165, 1.54) is 0 Å². The van der Waals surface area contributed by atoms with Gasteiger partial charge in [0.05, 0.1) is 6.10 Å². The van der Waals surface area contributed by atoms with Crippen molar-refractivity contribution in [1.82, 2.24) is 10.6 Å². The van der Waals surface area contributed by atoms with Gasteiger partial charge in [0, 0.05) is 13.1 Å². The lowest BCUT2D eigenvalue weighted by atomic mass is 10.0. The van der Waals surface area contributed by atoms with Crippen LogP contribution in [0.1, 0.15) is 32.1 Å². The molecule has 0 fully saturated rings. The van der Waals surface area contributed by atoms with E-state index in [9.17, 15) is 4.79 Å². The van der Waals surface area contributed by atoms with E-state index in [1.54, 1.807) is 0 Å². The summed E-state index contributed by atoms with van der Waals surface area (Å²) in [6.45, 7) is 1.64. The van der Waals surface area contributed by atoms with Gasteiger partial charge in [0.15, 0.2) is 0 Å². The highest BCUT2D eigenvalue weighted by Gasteiger charge is 2.11. The molecule has 0 unspecified atom stereocenters. The summed E-state index contributed by atoms with van der Waals surface area (Å²) in [7, 11) is 1.87. The summed E-state index contributed by atoms with van der Waals surface area (Å²) in [5, 5.41) is 5.79. The highest BCUT2D eigenvalue weighted by atomic mass is 16.5. The van der Waals surface area contributed by atoms with Gasteiger partial charge >= 0.3 is 0 Å². The summed E-state index contributed by atoms with van der Waals surface area (Å²) in [6, 6.07) is 0. The van der Waals surface area contributed by atoms with Crippen molar-refractivity contribution in [2.45, 2.75) is 38.2 Å². The van der Waals surface area contributed by atoms with Crippen LogP contribution in [0, 0.1) is 0 Å². The van der Waals surface area contributed by atoms with E-state index in [1.807, 2.05) is 7.05 Å². The van der Waals surface area contributed by atoms with Crippen LogP contribution in [0.25, 0.3) is 0 Å². The predicted molar refractivity (Wildman–Crippen MR) is 68.9 cm³/mol. The minimum Gasteiger partial charge on any atom is -0.368 e. The molecule has 0 saturated heterocycles. The molecule has 0 aromatic carbocycles. The van der Waals surface area contributed by atoms with E-state index in [0.717, 1.165) is 38.6 Å². The Balaban J connectivity index is 2.11. The van der Waals surface area contributed by atoms with Crippen molar-refractivity contribution in [1.29, 1.82) is 0 Å². The number of ether oxygens (including phenoxy) is 1. The molecule has 4 heteroatoms. The Morgan fingerprint density at radius 1 is 1.29 bits per heavy atom. The summed E-state index contributed by atoms with van der Waals surface area (Å²) in [4.78, 5) is 11.4. The van der Waals surface area contributed by atoms with Crippen molar-refractivity contribution >= 4 is 5.91 Å². The average molecular weight is 240 g/mol. The quantitative estimate of drug-likeness (QED) is 0.542. The molecule has 0 spiro atoms. The number of carbonyl (C=O) groups excluding carboxylic acids is 1. The molecule has 0 heterocycles. The first-order valence-electron chi connectivity index (χ1n) is 6.51. The Labute approximate surface area is 104 Å². The zero-order valence-electron chi connectivity index (χ0n) is 10.7. The van der Waals surface area contributed by atoms with E-state index in [-0.39, 0.29) is 18.6 Å². The molecule has 1 atom stereocenters. The highest BCUT2D eigenvalue weighted by Crippen LogP contribution is 2.15. The van der Waals surface area contributed by atoms with Crippen LogP contribution in [0.2, 0.25) is 0 Å². The van der Waals surface area contributed by atoms with Gasteiger partial charge in [0.1, 0.15) is 6.61 Å². The van der Waals surface area contributed by atoms with Gasteiger partial charge in [-0.1, -0.05) is 12.2 Å². The Morgan fingerprint density at radius 2 is 2.12 bits per heavy atom. The number of nitrogens with one attached hydrogen (secondary N) is 2. The molecule has 0 bridgehead atoms. The van der Waals surface area contributed by atoms with E-state index < -0.39 is 0 Å². The van der Waals surface area contributed by atoms with E-state index >= 15 is 0 Å². The van der Waals surface area contributed by atoms with Crippen LogP contribution in [0.3, 0.4) is 0 Å². The normalized spacial score (nSPS) is 22.5. The summed E-state index contributed by atoms with van der Waals surface area (Å²) >= 11 is 0. The number of amides is 1. The van der Waals surface area contributed by atoms with Crippen LogP contribution < -0.4 is 10.6 Å². The van der Waals surface area contributed by atoms with Crippen molar-refractivity contribution < 1.29 is 9.53 Å². The van der Waals surface area contributed by atoms with Gasteiger partial charge in [-0.2, -0.15) is 0 Å². The third kappa shape index (κ3) is 7.13. The third-order valence-corrected chi connectivity index (χ3v) is 2.87. The van der Waals surface area contributed by atoms with Crippen molar-refractivity contribution in [2.24, 2.45) is 0 Å². The van der Waals surface area contributed by atoms with Gasteiger partial charge in [0.25, 0.3) is 0 Å². The monoisotopic (exact) mass is 240 g/mol. The van der Waals surface area contributed by atoms with Crippen LogP contribution in [0.15, 0.2) is 12.2 Å². The molecule has 0 aromatic rings. The molecular weight excluding hydrogens is 216 g/mol. The van der Waals surface area contributed by atoms with Gasteiger partial charge in [0.2, 0.25) is 5.91 Å².